The third kappa shape index (κ3) is 4.41. The highest BCUT2D eigenvalue weighted by atomic mass is 19.4. The number of carboxylic acids is 1. The summed E-state index contributed by atoms with van der Waals surface area (Å²) in [6.07, 6.45) is -4.05. The van der Waals surface area contributed by atoms with E-state index in [9.17, 15) is 22.8 Å². The summed E-state index contributed by atoms with van der Waals surface area (Å²) < 4.78 is 41.1. The Hall–Kier alpha value is -2.84. The summed E-state index contributed by atoms with van der Waals surface area (Å²) in [6, 6.07) is 5.81. The van der Waals surface area contributed by atoms with Gasteiger partial charge >= 0.3 is 12.1 Å². The molecule has 1 aromatic carbocycles. The van der Waals surface area contributed by atoms with Gasteiger partial charge in [0.1, 0.15) is 0 Å². The van der Waals surface area contributed by atoms with Crippen molar-refractivity contribution in [3.05, 3.63) is 47.3 Å². The van der Waals surface area contributed by atoms with E-state index in [1.165, 1.54) is 24.3 Å². The molecule has 6 nitrogen and oxygen atoms in total. The third-order valence-electron chi connectivity index (χ3n) is 3.48. The molecular formula is C17H18F3N3O3. The number of rotatable bonds is 4. The summed E-state index contributed by atoms with van der Waals surface area (Å²) in [6.45, 7) is 4.66. The SMILES string of the molecule is CC(C)(C)n1ncc(C(=O)Nc2ccc(CC(=O)O)cc2)c1C(F)(F)F. The maximum Gasteiger partial charge on any atom is 0.433 e. The minimum absolute atomic E-state index is 0.190. The van der Waals surface area contributed by atoms with E-state index in [0.717, 1.165) is 10.9 Å². The molecule has 2 N–H and O–H groups in total. The zero-order valence-corrected chi connectivity index (χ0v) is 14.4. The second-order valence-electron chi connectivity index (χ2n) is 6.71. The van der Waals surface area contributed by atoms with Crippen molar-refractivity contribution in [3.8, 4) is 0 Å². The molecule has 0 aliphatic carbocycles. The Morgan fingerprint density at radius 1 is 1.15 bits per heavy atom. The lowest BCUT2D eigenvalue weighted by Crippen LogP contribution is -2.30. The van der Waals surface area contributed by atoms with E-state index in [4.69, 9.17) is 5.11 Å². The fraction of sp³-hybridized carbons (Fsp3) is 0.353. The number of amides is 1. The predicted molar refractivity (Wildman–Crippen MR) is 88.0 cm³/mol. The lowest BCUT2D eigenvalue weighted by atomic mass is 10.1. The minimum Gasteiger partial charge on any atom is -0.481 e. The molecule has 0 fully saturated rings. The molecular weight excluding hydrogens is 351 g/mol. The first kappa shape index (κ1) is 19.5. The standard InChI is InChI=1S/C17H18F3N3O3/c1-16(2,3)23-14(17(18,19)20)12(9-21-23)15(26)22-11-6-4-10(5-7-11)8-13(24)25/h4-7,9H,8H2,1-3H3,(H,22,26)(H,24,25). The lowest BCUT2D eigenvalue weighted by molar-refractivity contribution is -0.146. The van der Waals surface area contributed by atoms with E-state index in [-0.39, 0.29) is 12.1 Å². The van der Waals surface area contributed by atoms with Crippen molar-refractivity contribution in [2.45, 2.75) is 38.9 Å². The van der Waals surface area contributed by atoms with Crippen LogP contribution >= 0.6 is 0 Å². The van der Waals surface area contributed by atoms with Crippen LogP contribution in [0.15, 0.2) is 30.5 Å². The van der Waals surface area contributed by atoms with Crippen LogP contribution in [0.4, 0.5) is 18.9 Å². The second-order valence-corrected chi connectivity index (χ2v) is 6.71. The summed E-state index contributed by atoms with van der Waals surface area (Å²) in [5.41, 5.74) is -1.90. The number of halogens is 3. The van der Waals surface area contributed by atoms with Crippen LogP contribution in [0.5, 0.6) is 0 Å². The highest BCUT2D eigenvalue weighted by Crippen LogP contribution is 2.35. The van der Waals surface area contributed by atoms with Crippen molar-refractivity contribution in [2.75, 3.05) is 5.32 Å². The number of hydrogen-bond acceptors (Lipinski definition) is 3. The summed E-state index contributed by atoms with van der Waals surface area (Å²) >= 11 is 0. The number of carboxylic acid groups (broad SMARTS) is 1. The fourth-order valence-corrected chi connectivity index (χ4v) is 2.37. The lowest BCUT2D eigenvalue weighted by Gasteiger charge is -2.23. The van der Waals surface area contributed by atoms with Crippen molar-refractivity contribution in [3.63, 3.8) is 0 Å². The van der Waals surface area contributed by atoms with Crippen molar-refractivity contribution < 1.29 is 27.9 Å². The van der Waals surface area contributed by atoms with Gasteiger partial charge in [0.2, 0.25) is 0 Å². The Morgan fingerprint density at radius 3 is 2.19 bits per heavy atom. The monoisotopic (exact) mass is 369 g/mol. The Morgan fingerprint density at radius 2 is 1.73 bits per heavy atom. The fourth-order valence-electron chi connectivity index (χ4n) is 2.37. The van der Waals surface area contributed by atoms with Gasteiger partial charge in [-0.2, -0.15) is 18.3 Å². The Bertz CT molecular complexity index is 819. The maximum absolute atomic E-state index is 13.4. The quantitative estimate of drug-likeness (QED) is 0.863. The van der Waals surface area contributed by atoms with Crippen LogP contribution in [0.3, 0.4) is 0 Å². The average Bonchev–Trinajstić information content (AvgIpc) is 2.94. The number of carbonyl (C=O) groups excluding carboxylic acids is 1. The first-order valence-electron chi connectivity index (χ1n) is 7.67. The highest BCUT2D eigenvalue weighted by molar-refractivity contribution is 6.05. The molecule has 0 radical (unpaired) electrons. The molecule has 0 aliphatic rings. The first-order valence-corrected chi connectivity index (χ1v) is 7.67. The molecule has 0 spiro atoms. The van der Waals surface area contributed by atoms with Gasteiger partial charge in [-0.05, 0) is 38.5 Å². The van der Waals surface area contributed by atoms with E-state index in [2.05, 4.69) is 10.4 Å². The molecule has 0 unspecified atom stereocenters. The van der Waals surface area contributed by atoms with Gasteiger partial charge < -0.3 is 10.4 Å². The Kier molecular flexibility index (Phi) is 5.11. The van der Waals surface area contributed by atoms with Gasteiger partial charge in [-0.3, -0.25) is 14.3 Å². The summed E-state index contributed by atoms with van der Waals surface area (Å²) in [5.74, 6) is -1.95. The molecule has 0 saturated heterocycles. The zero-order valence-electron chi connectivity index (χ0n) is 14.4. The molecule has 2 rings (SSSR count). The average molecular weight is 369 g/mol. The van der Waals surface area contributed by atoms with Gasteiger partial charge in [0, 0.05) is 5.69 Å². The van der Waals surface area contributed by atoms with Crippen LogP contribution in [0.25, 0.3) is 0 Å². The smallest absolute Gasteiger partial charge is 0.433 e. The van der Waals surface area contributed by atoms with E-state index < -0.39 is 34.8 Å². The molecule has 140 valence electrons. The van der Waals surface area contributed by atoms with Crippen LogP contribution < -0.4 is 5.32 Å². The van der Waals surface area contributed by atoms with Crippen molar-refractivity contribution in [1.29, 1.82) is 0 Å². The molecule has 1 amide bonds. The molecule has 1 aromatic heterocycles. The maximum atomic E-state index is 13.4. The normalized spacial score (nSPS) is 12.1. The number of alkyl halides is 3. The number of aliphatic carboxylic acids is 1. The number of benzene rings is 1. The number of hydrogen-bond donors (Lipinski definition) is 2. The van der Waals surface area contributed by atoms with Gasteiger partial charge in [-0.15, -0.1) is 0 Å². The van der Waals surface area contributed by atoms with Crippen LogP contribution in [0, 0.1) is 0 Å². The minimum atomic E-state index is -4.75. The Balaban J connectivity index is 2.30. The van der Waals surface area contributed by atoms with Crippen molar-refractivity contribution in [1.82, 2.24) is 9.78 Å². The van der Waals surface area contributed by atoms with E-state index in [0.29, 0.717) is 5.56 Å². The molecule has 2 aromatic rings. The predicted octanol–water partition coefficient (Wildman–Crippen LogP) is 3.54. The summed E-state index contributed by atoms with van der Waals surface area (Å²) in [4.78, 5) is 23.0. The highest BCUT2D eigenvalue weighted by Gasteiger charge is 2.42. The van der Waals surface area contributed by atoms with Gasteiger partial charge in [-0.1, -0.05) is 12.1 Å². The number of nitrogens with zero attached hydrogens (tertiary/aromatic N) is 2. The van der Waals surface area contributed by atoms with Crippen LogP contribution in [0.1, 0.15) is 42.4 Å². The number of anilines is 1. The molecule has 0 atom stereocenters. The van der Waals surface area contributed by atoms with Gasteiger partial charge in [-0.25, -0.2) is 0 Å². The zero-order chi connectivity index (χ0) is 19.7. The van der Waals surface area contributed by atoms with Gasteiger partial charge in [0.05, 0.1) is 23.7 Å². The molecule has 0 saturated carbocycles. The van der Waals surface area contributed by atoms with Gasteiger partial charge in [0.15, 0.2) is 5.69 Å². The first-order chi connectivity index (χ1) is 11.9. The van der Waals surface area contributed by atoms with E-state index in [1.54, 1.807) is 20.8 Å². The van der Waals surface area contributed by atoms with Crippen LogP contribution in [0.2, 0.25) is 0 Å². The summed E-state index contributed by atoms with van der Waals surface area (Å²) in [5, 5.41) is 14.8. The van der Waals surface area contributed by atoms with E-state index in [1.807, 2.05) is 0 Å². The van der Waals surface area contributed by atoms with Crippen molar-refractivity contribution in [2.24, 2.45) is 0 Å². The second kappa shape index (κ2) is 6.81. The van der Waals surface area contributed by atoms with Crippen molar-refractivity contribution >= 4 is 17.6 Å². The van der Waals surface area contributed by atoms with Gasteiger partial charge in [0.25, 0.3) is 5.91 Å². The molecule has 0 bridgehead atoms. The third-order valence-corrected chi connectivity index (χ3v) is 3.48. The van der Waals surface area contributed by atoms with E-state index >= 15 is 0 Å². The van der Waals surface area contributed by atoms with Crippen LogP contribution in [-0.2, 0) is 22.9 Å². The number of aromatic nitrogens is 2. The number of nitrogens with one attached hydrogen (secondary N) is 1. The number of carbonyl (C=O) groups is 2. The molecule has 0 aliphatic heterocycles. The molecule has 9 heteroatoms. The summed E-state index contributed by atoms with van der Waals surface area (Å²) in [7, 11) is 0. The van der Waals surface area contributed by atoms with Crippen LogP contribution in [-0.4, -0.2) is 26.8 Å². The molecule has 26 heavy (non-hydrogen) atoms. The topological polar surface area (TPSA) is 84.2 Å². The molecule has 1 heterocycles. The Labute approximate surface area is 147 Å². The largest absolute Gasteiger partial charge is 0.481 e.